The lowest BCUT2D eigenvalue weighted by atomic mass is 9.75. The zero-order chi connectivity index (χ0) is 13.3. The van der Waals surface area contributed by atoms with Crippen molar-refractivity contribution in [2.45, 2.75) is 59.8 Å². The first-order valence-corrected chi connectivity index (χ1v) is 6.82. The summed E-state index contributed by atoms with van der Waals surface area (Å²) in [6.07, 6.45) is 9.31. The van der Waals surface area contributed by atoms with Gasteiger partial charge in [0, 0.05) is 0 Å². The van der Waals surface area contributed by atoms with E-state index in [1.807, 2.05) is 6.08 Å². The molecule has 0 rings (SSSR count). The smallest absolute Gasteiger partial charge is 0.108 e. The third-order valence-electron chi connectivity index (χ3n) is 3.35. The van der Waals surface area contributed by atoms with E-state index in [4.69, 9.17) is 0 Å². The molecule has 17 heavy (non-hydrogen) atoms. The predicted octanol–water partition coefficient (Wildman–Crippen LogP) is 5.70. The van der Waals surface area contributed by atoms with Gasteiger partial charge in [-0.3, -0.25) is 0 Å². The van der Waals surface area contributed by atoms with Crippen LogP contribution in [-0.2, 0) is 0 Å². The Bertz CT molecular complexity index is 232. The van der Waals surface area contributed by atoms with Gasteiger partial charge in [0.05, 0.1) is 0 Å². The number of alkyl halides is 1. The van der Waals surface area contributed by atoms with Crippen molar-refractivity contribution in [3.05, 3.63) is 24.3 Å². The van der Waals surface area contributed by atoms with Crippen molar-refractivity contribution < 1.29 is 4.39 Å². The second-order valence-corrected chi connectivity index (χ2v) is 5.96. The van der Waals surface area contributed by atoms with Gasteiger partial charge in [0.2, 0.25) is 0 Å². The van der Waals surface area contributed by atoms with E-state index in [1.165, 1.54) is 25.3 Å². The second kappa shape index (κ2) is 8.49. The number of rotatable bonds is 8. The molecule has 0 aromatic carbocycles. The van der Waals surface area contributed by atoms with Gasteiger partial charge in [0.1, 0.15) is 6.67 Å². The summed E-state index contributed by atoms with van der Waals surface area (Å²) >= 11 is 0. The summed E-state index contributed by atoms with van der Waals surface area (Å²) < 4.78 is 11.9. The average Bonchev–Trinajstić information content (AvgIpc) is 2.23. The number of allylic oxidation sites excluding steroid dienone is 3. The highest BCUT2D eigenvalue weighted by Gasteiger charge is 2.22. The van der Waals surface area contributed by atoms with Crippen molar-refractivity contribution in [2.75, 3.05) is 6.67 Å². The van der Waals surface area contributed by atoms with Crippen LogP contribution >= 0.6 is 0 Å². The molecule has 0 aliphatic heterocycles. The standard InChI is InChI=1S/C16H29F/c1-6-9-15(16(3,4)5)12-7-10-14(2)11-8-13-17/h8,11,15H,2,6-7,9-10,12-13H2,1,3-5H3/b11-8+. The third kappa shape index (κ3) is 8.18. The van der Waals surface area contributed by atoms with E-state index in [-0.39, 0.29) is 6.67 Å². The van der Waals surface area contributed by atoms with Crippen molar-refractivity contribution >= 4 is 0 Å². The molecule has 1 heteroatoms. The van der Waals surface area contributed by atoms with Gasteiger partial charge in [-0.2, -0.15) is 0 Å². The highest BCUT2D eigenvalue weighted by molar-refractivity contribution is 5.13. The zero-order valence-corrected chi connectivity index (χ0v) is 12.1. The molecule has 0 aromatic rings. The molecule has 0 radical (unpaired) electrons. The molecule has 0 fully saturated rings. The molecule has 0 heterocycles. The van der Waals surface area contributed by atoms with E-state index < -0.39 is 0 Å². The van der Waals surface area contributed by atoms with Crippen molar-refractivity contribution in [1.82, 2.24) is 0 Å². The first kappa shape index (κ1) is 16.4. The highest BCUT2D eigenvalue weighted by Crippen LogP contribution is 2.34. The Balaban J connectivity index is 3.98. The predicted molar refractivity (Wildman–Crippen MR) is 76.0 cm³/mol. The summed E-state index contributed by atoms with van der Waals surface area (Å²) in [5, 5.41) is 0. The van der Waals surface area contributed by atoms with Crippen LogP contribution in [0.3, 0.4) is 0 Å². The molecule has 0 spiro atoms. The SMILES string of the molecule is C=C(/C=C/CF)CCCC(CCC)C(C)(C)C. The van der Waals surface area contributed by atoms with Crippen LogP contribution in [0.5, 0.6) is 0 Å². The molecule has 0 aliphatic rings. The van der Waals surface area contributed by atoms with Gasteiger partial charge in [-0.15, -0.1) is 0 Å². The summed E-state index contributed by atoms with van der Waals surface area (Å²) in [6.45, 7) is 12.8. The van der Waals surface area contributed by atoms with E-state index in [0.717, 1.165) is 24.3 Å². The lowest BCUT2D eigenvalue weighted by Crippen LogP contribution is -2.20. The molecule has 0 aliphatic carbocycles. The van der Waals surface area contributed by atoms with Gasteiger partial charge >= 0.3 is 0 Å². The monoisotopic (exact) mass is 240 g/mol. The summed E-state index contributed by atoms with van der Waals surface area (Å²) in [5.41, 5.74) is 1.44. The van der Waals surface area contributed by atoms with Gasteiger partial charge in [-0.25, -0.2) is 4.39 Å². The number of halogens is 1. The van der Waals surface area contributed by atoms with Crippen LogP contribution in [0, 0.1) is 11.3 Å². The Morgan fingerprint density at radius 2 is 1.94 bits per heavy atom. The number of hydrogen-bond donors (Lipinski definition) is 0. The molecule has 0 amide bonds. The van der Waals surface area contributed by atoms with Crippen molar-refractivity contribution in [1.29, 1.82) is 0 Å². The first-order valence-electron chi connectivity index (χ1n) is 6.82. The van der Waals surface area contributed by atoms with Crippen LogP contribution in [0.4, 0.5) is 4.39 Å². The lowest BCUT2D eigenvalue weighted by molar-refractivity contribution is 0.207. The Kier molecular flexibility index (Phi) is 8.20. The molecule has 1 unspecified atom stereocenters. The van der Waals surface area contributed by atoms with E-state index in [0.29, 0.717) is 5.41 Å². The van der Waals surface area contributed by atoms with Crippen molar-refractivity contribution in [2.24, 2.45) is 11.3 Å². The van der Waals surface area contributed by atoms with Crippen LogP contribution in [0.15, 0.2) is 24.3 Å². The van der Waals surface area contributed by atoms with E-state index in [1.54, 1.807) is 0 Å². The minimum absolute atomic E-state index is 0.389. The second-order valence-electron chi connectivity index (χ2n) is 5.96. The molecule has 0 saturated heterocycles. The van der Waals surface area contributed by atoms with E-state index >= 15 is 0 Å². The molecule has 100 valence electrons. The van der Waals surface area contributed by atoms with Gasteiger partial charge in [-0.1, -0.05) is 64.8 Å². The lowest BCUT2D eigenvalue weighted by Gasteiger charge is -2.30. The van der Waals surface area contributed by atoms with E-state index in [9.17, 15) is 4.39 Å². The Labute approximate surface area is 107 Å². The molecule has 1 atom stereocenters. The maximum atomic E-state index is 11.9. The van der Waals surface area contributed by atoms with Gasteiger partial charge < -0.3 is 0 Å². The fourth-order valence-electron chi connectivity index (χ4n) is 2.23. The Morgan fingerprint density at radius 3 is 2.41 bits per heavy atom. The minimum atomic E-state index is -0.389. The van der Waals surface area contributed by atoms with Crippen LogP contribution in [0.1, 0.15) is 59.8 Å². The van der Waals surface area contributed by atoms with Gasteiger partial charge in [-0.05, 0) is 30.6 Å². The average molecular weight is 240 g/mol. The Hall–Kier alpha value is -0.590. The normalized spacial score (nSPS) is 14.2. The van der Waals surface area contributed by atoms with Crippen molar-refractivity contribution in [3.8, 4) is 0 Å². The fraction of sp³-hybridized carbons (Fsp3) is 0.750. The van der Waals surface area contributed by atoms with Crippen molar-refractivity contribution in [3.63, 3.8) is 0 Å². The largest absolute Gasteiger partial charge is 0.247 e. The minimum Gasteiger partial charge on any atom is -0.247 e. The summed E-state index contributed by atoms with van der Waals surface area (Å²) in [4.78, 5) is 0. The maximum absolute atomic E-state index is 11.9. The zero-order valence-electron chi connectivity index (χ0n) is 12.1. The number of hydrogen-bond acceptors (Lipinski definition) is 0. The summed E-state index contributed by atoms with van der Waals surface area (Å²) in [7, 11) is 0. The molecule has 0 aromatic heterocycles. The molecular formula is C16H29F. The topological polar surface area (TPSA) is 0 Å². The highest BCUT2D eigenvalue weighted by atomic mass is 19.1. The molecular weight excluding hydrogens is 211 g/mol. The quantitative estimate of drug-likeness (QED) is 0.477. The third-order valence-corrected chi connectivity index (χ3v) is 3.35. The van der Waals surface area contributed by atoms with Crippen LogP contribution in [0.2, 0.25) is 0 Å². The van der Waals surface area contributed by atoms with E-state index in [2.05, 4.69) is 34.3 Å². The van der Waals surface area contributed by atoms with Gasteiger partial charge in [0.15, 0.2) is 0 Å². The maximum Gasteiger partial charge on any atom is 0.108 e. The summed E-state index contributed by atoms with van der Waals surface area (Å²) in [5.74, 6) is 0.783. The first-order chi connectivity index (χ1) is 7.91. The van der Waals surface area contributed by atoms with Gasteiger partial charge in [0.25, 0.3) is 0 Å². The molecule has 0 N–H and O–H groups in total. The molecule has 0 saturated carbocycles. The van der Waals surface area contributed by atoms with Crippen LogP contribution < -0.4 is 0 Å². The molecule has 0 nitrogen and oxygen atoms in total. The molecule has 0 bridgehead atoms. The fourth-order valence-corrected chi connectivity index (χ4v) is 2.23. The summed E-state index contributed by atoms with van der Waals surface area (Å²) in [6, 6.07) is 0. The Morgan fingerprint density at radius 1 is 1.29 bits per heavy atom. The van der Waals surface area contributed by atoms with Crippen LogP contribution in [-0.4, -0.2) is 6.67 Å². The van der Waals surface area contributed by atoms with Crippen LogP contribution in [0.25, 0.3) is 0 Å².